The van der Waals surface area contributed by atoms with E-state index in [9.17, 15) is 18.4 Å². The van der Waals surface area contributed by atoms with Crippen molar-refractivity contribution in [2.75, 3.05) is 16.9 Å². The van der Waals surface area contributed by atoms with E-state index < -0.39 is 30.1 Å². The van der Waals surface area contributed by atoms with Crippen LogP contribution in [0.4, 0.5) is 20.3 Å². The van der Waals surface area contributed by atoms with Gasteiger partial charge in [0.05, 0.1) is 27.9 Å². The van der Waals surface area contributed by atoms with Gasteiger partial charge in [-0.15, -0.1) is 0 Å². The standard InChI is InChI=1S/C22H20ClF2N7O2/c1-11-9-17(27-21(34)18-15(23)3-2-4-16(18)25)32(30-11)22-28-19-14(20(33)29-22)10-26-31(19)13-7-5-12(24)6-8-13/h2-9,14,19,22,26,28H,10H2,1H3,(H,27,34)(H,29,33). The van der Waals surface area contributed by atoms with Crippen LogP contribution in [0.25, 0.3) is 0 Å². The Balaban J connectivity index is 1.42. The van der Waals surface area contributed by atoms with E-state index in [1.165, 1.54) is 28.9 Å². The second-order valence-electron chi connectivity index (χ2n) is 8.00. The van der Waals surface area contributed by atoms with Gasteiger partial charge in [0.1, 0.15) is 23.6 Å². The molecule has 1 aromatic heterocycles. The molecule has 4 N–H and O–H groups in total. The summed E-state index contributed by atoms with van der Waals surface area (Å²) < 4.78 is 29.0. The molecular weight excluding hydrogens is 468 g/mol. The van der Waals surface area contributed by atoms with Gasteiger partial charge >= 0.3 is 0 Å². The number of carbonyl (C=O) groups excluding carboxylic acids is 2. The average molecular weight is 488 g/mol. The molecule has 3 atom stereocenters. The van der Waals surface area contributed by atoms with Gasteiger partial charge in [0, 0.05) is 12.6 Å². The molecule has 0 bridgehead atoms. The van der Waals surface area contributed by atoms with Crippen LogP contribution in [0.5, 0.6) is 0 Å². The number of amides is 2. The number of hydrogen-bond acceptors (Lipinski definition) is 6. The first kappa shape index (κ1) is 22.3. The molecule has 2 aliphatic rings. The number of aromatic nitrogens is 2. The average Bonchev–Trinajstić information content (AvgIpc) is 3.38. The number of fused-ring (bicyclic) bond motifs is 1. The summed E-state index contributed by atoms with van der Waals surface area (Å²) in [5.41, 5.74) is 4.10. The molecule has 9 nitrogen and oxygen atoms in total. The smallest absolute Gasteiger partial charge is 0.261 e. The normalized spacial score (nSPS) is 21.8. The van der Waals surface area contributed by atoms with Gasteiger partial charge in [-0.05, 0) is 43.3 Å². The number of benzene rings is 2. The Bertz CT molecular complexity index is 1250. The maximum Gasteiger partial charge on any atom is 0.261 e. The molecule has 2 aliphatic heterocycles. The van der Waals surface area contributed by atoms with Crippen molar-refractivity contribution in [3.05, 3.63) is 76.4 Å². The Kier molecular flexibility index (Phi) is 5.68. The van der Waals surface area contributed by atoms with Crippen molar-refractivity contribution >= 4 is 34.9 Å². The topological polar surface area (TPSA) is 103 Å². The SMILES string of the molecule is Cc1cc(NC(=O)c2c(F)cccc2Cl)n(C2NC(=O)C3CNN(c4ccc(F)cc4)C3N2)n1. The molecule has 2 saturated heterocycles. The van der Waals surface area contributed by atoms with Crippen LogP contribution in [0.15, 0.2) is 48.5 Å². The van der Waals surface area contributed by atoms with Gasteiger partial charge in [0.2, 0.25) is 5.91 Å². The lowest BCUT2D eigenvalue weighted by atomic mass is 10.0. The Labute approximate surface area is 198 Å². The quantitative estimate of drug-likeness (QED) is 0.451. The van der Waals surface area contributed by atoms with Crippen molar-refractivity contribution < 1.29 is 18.4 Å². The Hall–Kier alpha value is -3.54. The summed E-state index contributed by atoms with van der Waals surface area (Å²) in [6, 6.07) is 11.4. The lowest BCUT2D eigenvalue weighted by molar-refractivity contribution is -0.129. The minimum Gasteiger partial charge on any atom is -0.321 e. The zero-order valence-electron chi connectivity index (χ0n) is 17.8. The van der Waals surface area contributed by atoms with Crippen LogP contribution in [0.2, 0.25) is 5.02 Å². The van der Waals surface area contributed by atoms with Crippen molar-refractivity contribution in [2.45, 2.75) is 19.4 Å². The second-order valence-corrected chi connectivity index (χ2v) is 8.41. The van der Waals surface area contributed by atoms with Crippen molar-refractivity contribution in [3.8, 4) is 0 Å². The van der Waals surface area contributed by atoms with E-state index >= 15 is 0 Å². The predicted molar refractivity (Wildman–Crippen MR) is 121 cm³/mol. The van der Waals surface area contributed by atoms with Gasteiger partial charge in [-0.25, -0.2) is 18.9 Å². The molecule has 3 unspecified atom stereocenters. The van der Waals surface area contributed by atoms with Crippen molar-refractivity contribution in [2.24, 2.45) is 5.92 Å². The van der Waals surface area contributed by atoms with E-state index in [-0.39, 0.29) is 28.1 Å². The van der Waals surface area contributed by atoms with Gasteiger partial charge < -0.3 is 10.6 Å². The fraction of sp³-hybridized carbons (Fsp3) is 0.227. The van der Waals surface area contributed by atoms with Crippen LogP contribution in [-0.2, 0) is 4.79 Å². The highest BCUT2D eigenvalue weighted by molar-refractivity contribution is 6.34. The summed E-state index contributed by atoms with van der Waals surface area (Å²) in [6.07, 6.45) is -1.30. The van der Waals surface area contributed by atoms with Gasteiger partial charge in [-0.2, -0.15) is 5.10 Å². The molecule has 5 rings (SSSR count). The summed E-state index contributed by atoms with van der Waals surface area (Å²) in [5, 5.41) is 14.9. The molecule has 0 spiro atoms. The number of hydrogen-bond donors (Lipinski definition) is 4. The number of carbonyl (C=O) groups is 2. The zero-order valence-corrected chi connectivity index (χ0v) is 18.6. The van der Waals surface area contributed by atoms with Crippen LogP contribution in [-0.4, -0.2) is 34.3 Å². The van der Waals surface area contributed by atoms with Gasteiger partial charge in [-0.1, -0.05) is 17.7 Å². The van der Waals surface area contributed by atoms with Crippen LogP contribution in [0.3, 0.4) is 0 Å². The number of halogens is 3. The van der Waals surface area contributed by atoms with E-state index in [1.807, 2.05) is 0 Å². The summed E-state index contributed by atoms with van der Waals surface area (Å²) in [7, 11) is 0. The molecule has 2 amide bonds. The summed E-state index contributed by atoms with van der Waals surface area (Å²) in [5.74, 6) is -2.29. The molecule has 2 fully saturated rings. The molecule has 2 aromatic carbocycles. The zero-order chi connectivity index (χ0) is 24.0. The molecule has 3 heterocycles. The van der Waals surface area contributed by atoms with E-state index in [0.29, 0.717) is 17.9 Å². The first-order valence-electron chi connectivity index (χ1n) is 10.5. The Morgan fingerprint density at radius 1 is 1.21 bits per heavy atom. The third-order valence-electron chi connectivity index (χ3n) is 5.72. The number of rotatable bonds is 4. The third-order valence-corrected chi connectivity index (χ3v) is 6.04. The Morgan fingerprint density at radius 3 is 2.71 bits per heavy atom. The predicted octanol–water partition coefficient (Wildman–Crippen LogP) is 2.52. The minimum atomic E-state index is -0.823. The molecule has 176 valence electrons. The van der Waals surface area contributed by atoms with Crippen molar-refractivity contribution in [3.63, 3.8) is 0 Å². The van der Waals surface area contributed by atoms with E-state index in [4.69, 9.17) is 11.6 Å². The van der Waals surface area contributed by atoms with E-state index in [2.05, 4.69) is 26.5 Å². The largest absolute Gasteiger partial charge is 0.321 e. The summed E-state index contributed by atoms with van der Waals surface area (Å²) in [6.45, 7) is 2.10. The van der Waals surface area contributed by atoms with Gasteiger partial charge in [0.15, 0.2) is 6.29 Å². The molecular formula is C22H20ClF2N7O2. The number of anilines is 2. The van der Waals surface area contributed by atoms with Crippen LogP contribution in [0, 0.1) is 24.5 Å². The van der Waals surface area contributed by atoms with E-state index in [0.717, 1.165) is 6.07 Å². The maximum atomic E-state index is 14.2. The van der Waals surface area contributed by atoms with Crippen LogP contribution in [0.1, 0.15) is 22.3 Å². The highest BCUT2D eigenvalue weighted by atomic mass is 35.5. The first-order chi connectivity index (χ1) is 16.3. The first-order valence-corrected chi connectivity index (χ1v) is 10.9. The third kappa shape index (κ3) is 3.98. The highest BCUT2D eigenvalue weighted by Gasteiger charge is 2.45. The number of hydrazine groups is 1. The lowest BCUT2D eigenvalue weighted by Crippen LogP contribution is -2.61. The highest BCUT2D eigenvalue weighted by Crippen LogP contribution is 2.28. The lowest BCUT2D eigenvalue weighted by Gasteiger charge is -2.37. The summed E-state index contributed by atoms with van der Waals surface area (Å²) >= 11 is 6.02. The van der Waals surface area contributed by atoms with E-state index in [1.54, 1.807) is 30.1 Å². The second kappa shape index (κ2) is 8.67. The molecule has 0 saturated carbocycles. The molecule has 12 heteroatoms. The number of nitrogens with zero attached hydrogens (tertiary/aromatic N) is 3. The molecule has 3 aromatic rings. The fourth-order valence-electron chi connectivity index (χ4n) is 4.14. The van der Waals surface area contributed by atoms with Crippen molar-refractivity contribution in [1.29, 1.82) is 0 Å². The minimum absolute atomic E-state index is 0.0285. The van der Waals surface area contributed by atoms with Crippen LogP contribution >= 0.6 is 11.6 Å². The van der Waals surface area contributed by atoms with Gasteiger partial charge in [0.25, 0.3) is 5.91 Å². The van der Waals surface area contributed by atoms with Gasteiger partial charge in [-0.3, -0.25) is 19.9 Å². The fourth-order valence-corrected chi connectivity index (χ4v) is 4.39. The van der Waals surface area contributed by atoms with Crippen LogP contribution < -0.4 is 26.4 Å². The Morgan fingerprint density at radius 2 is 1.97 bits per heavy atom. The maximum absolute atomic E-state index is 14.2. The monoisotopic (exact) mass is 487 g/mol. The number of aryl methyl sites for hydroxylation is 1. The van der Waals surface area contributed by atoms with Crippen molar-refractivity contribution in [1.82, 2.24) is 25.8 Å². The molecule has 0 aliphatic carbocycles. The number of nitrogens with one attached hydrogen (secondary N) is 4. The summed E-state index contributed by atoms with van der Waals surface area (Å²) in [4.78, 5) is 25.6. The molecule has 0 radical (unpaired) electrons. The molecule has 34 heavy (non-hydrogen) atoms.